The van der Waals surface area contributed by atoms with Gasteiger partial charge in [-0.3, -0.25) is 4.68 Å². The summed E-state index contributed by atoms with van der Waals surface area (Å²) < 4.78 is 15.0. The molecule has 0 spiro atoms. The number of carboxylic acids is 1. The molecule has 1 heterocycles. The van der Waals surface area contributed by atoms with Crippen LogP contribution < -0.4 is 0 Å². The molecule has 0 saturated heterocycles. The fourth-order valence-electron chi connectivity index (χ4n) is 1.64. The van der Waals surface area contributed by atoms with Crippen molar-refractivity contribution in [3.05, 3.63) is 58.6 Å². The molecule has 1 aromatic heterocycles. The van der Waals surface area contributed by atoms with E-state index in [-0.39, 0.29) is 0 Å². The summed E-state index contributed by atoms with van der Waals surface area (Å²) in [5.74, 6) is -1.51. The van der Waals surface area contributed by atoms with Gasteiger partial charge in [0.25, 0.3) is 0 Å². The SMILES string of the molecule is O=C(O)C=Cc1cc(F)cc(Cn2cc(Cl)cn2)c1. The number of hydrogen-bond acceptors (Lipinski definition) is 2. The lowest BCUT2D eigenvalue weighted by Gasteiger charge is -2.04. The van der Waals surface area contributed by atoms with Gasteiger partial charge < -0.3 is 5.11 Å². The molecule has 0 aliphatic rings. The van der Waals surface area contributed by atoms with E-state index in [2.05, 4.69) is 5.10 Å². The molecule has 0 aliphatic carbocycles. The quantitative estimate of drug-likeness (QED) is 0.876. The first-order chi connectivity index (χ1) is 9.02. The van der Waals surface area contributed by atoms with Crippen molar-refractivity contribution in [1.29, 1.82) is 0 Å². The molecule has 6 heteroatoms. The molecule has 0 aliphatic heterocycles. The lowest BCUT2D eigenvalue weighted by Crippen LogP contribution is -2.00. The molecule has 1 aromatic carbocycles. The average Bonchev–Trinajstić information content (AvgIpc) is 2.71. The zero-order chi connectivity index (χ0) is 13.8. The van der Waals surface area contributed by atoms with Gasteiger partial charge in [-0.05, 0) is 35.4 Å². The number of rotatable bonds is 4. The molecule has 0 radical (unpaired) electrons. The van der Waals surface area contributed by atoms with Crippen molar-refractivity contribution in [3.63, 3.8) is 0 Å². The van der Waals surface area contributed by atoms with Gasteiger partial charge in [0.2, 0.25) is 0 Å². The van der Waals surface area contributed by atoms with Crippen LogP contribution in [0.15, 0.2) is 36.7 Å². The molecule has 4 nitrogen and oxygen atoms in total. The standard InChI is InChI=1S/C13H10ClFN2O2/c14-11-6-16-17(8-11)7-10-3-9(1-2-13(18)19)4-12(15)5-10/h1-6,8H,7H2,(H,18,19). The Morgan fingerprint density at radius 3 is 2.89 bits per heavy atom. The number of aromatic nitrogens is 2. The maximum atomic E-state index is 13.4. The third-order valence-corrected chi connectivity index (χ3v) is 2.54. The maximum Gasteiger partial charge on any atom is 0.328 e. The second kappa shape index (κ2) is 5.67. The van der Waals surface area contributed by atoms with Gasteiger partial charge in [-0.25, -0.2) is 9.18 Å². The number of carbonyl (C=O) groups is 1. The molecule has 98 valence electrons. The van der Waals surface area contributed by atoms with E-state index in [9.17, 15) is 9.18 Å². The van der Waals surface area contributed by atoms with Crippen LogP contribution in [-0.2, 0) is 11.3 Å². The smallest absolute Gasteiger partial charge is 0.328 e. The summed E-state index contributed by atoms with van der Waals surface area (Å²) in [6.45, 7) is 0.360. The van der Waals surface area contributed by atoms with Crippen LogP contribution in [0.2, 0.25) is 5.02 Å². The Morgan fingerprint density at radius 1 is 1.47 bits per heavy atom. The number of halogens is 2. The van der Waals surface area contributed by atoms with Crippen LogP contribution >= 0.6 is 11.6 Å². The van der Waals surface area contributed by atoms with Gasteiger partial charge in [0.1, 0.15) is 5.82 Å². The maximum absolute atomic E-state index is 13.4. The number of carboxylic acid groups (broad SMARTS) is 1. The minimum atomic E-state index is -1.08. The Bertz CT molecular complexity index is 637. The van der Waals surface area contributed by atoms with Gasteiger partial charge in [-0.2, -0.15) is 5.10 Å². The normalized spacial score (nSPS) is 11.1. The van der Waals surface area contributed by atoms with Crippen molar-refractivity contribution in [2.45, 2.75) is 6.54 Å². The van der Waals surface area contributed by atoms with Crippen molar-refractivity contribution in [3.8, 4) is 0 Å². The predicted molar refractivity (Wildman–Crippen MR) is 69.4 cm³/mol. The average molecular weight is 281 g/mol. The molecule has 0 saturated carbocycles. The second-order valence-electron chi connectivity index (χ2n) is 3.92. The van der Waals surface area contributed by atoms with E-state index in [1.165, 1.54) is 24.4 Å². The number of nitrogens with zero attached hydrogens (tertiary/aromatic N) is 2. The Morgan fingerprint density at radius 2 is 2.26 bits per heavy atom. The highest BCUT2D eigenvalue weighted by molar-refractivity contribution is 6.30. The monoisotopic (exact) mass is 280 g/mol. The van der Waals surface area contributed by atoms with E-state index < -0.39 is 11.8 Å². The summed E-state index contributed by atoms with van der Waals surface area (Å²) in [4.78, 5) is 10.4. The first-order valence-electron chi connectivity index (χ1n) is 5.41. The molecule has 19 heavy (non-hydrogen) atoms. The zero-order valence-corrected chi connectivity index (χ0v) is 10.5. The molecule has 2 aromatic rings. The number of aliphatic carboxylic acids is 1. The molecule has 1 N–H and O–H groups in total. The molecule has 0 bridgehead atoms. The molecule has 0 amide bonds. The van der Waals surface area contributed by atoms with E-state index in [1.807, 2.05) is 0 Å². The summed E-state index contributed by atoms with van der Waals surface area (Å²) >= 11 is 5.74. The summed E-state index contributed by atoms with van der Waals surface area (Å²) in [5.41, 5.74) is 1.15. The Hall–Kier alpha value is -2.14. The molecule has 0 fully saturated rings. The van der Waals surface area contributed by atoms with Crippen LogP contribution in [0.3, 0.4) is 0 Å². The molecule has 2 rings (SSSR count). The van der Waals surface area contributed by atoms with Gasteiger partial charge in [0.15, 0.2) is 0 Å². The lowest BCUT2D eigenvalue weighted by molar-refractivity contribution is -0.131. The largest absolute Gasteiger partial charge is 0.478 e. The molecule has 0 atom stereocenters. The van der Waals surface area contributed by atoms with E-state index in [4.69, 9.17) is 16.7 Å². The Balaban J connectivity index is 2.23. The highest BCUT2D eigenvalue weighted by Gasteiger charge is 2.02. The zero-order valence-electron chi connectivity index (χ0n) is 9.75. The highest BCUT2D eigenvalue weighted by atomic mass is 35.5. The molecule has 0 unspecified atom stereocenters. The van der Waals surface area contributed by atoms with E-state index in [0.717, 1.165) is 6.08 Å². The lowest BCUT2D eigenvalue weighted by atomic mass is 10.1. The highest BCUT2D eigenvalue weighted by Crippen LogP contribution is 2.13. The van der Waals surface area contributed by atoms with Gasteiger partial charge in [0.05, 0.1) is 17.8 Å². The third-order valence-electron chi connectivity index (χ3n) is 2.34. The van der Waals surface area contributed by atoms with Crippen molar-refractivity contribution >= 4 is 23.6 Å². The fraction of sp³-hybridized carbons (Fsp3) is 0.0769. The number of hydrogen-bond donors (Lipinski definition) is 1. The topological polar surface area (TPSA) is 55.1 Å². The Kier molecular flexibility index (Phi) is 3.97. The van der Waals surface area contributed by atoms with E-state index in [1.54, 1.807) is 16.9 Å². The van der Waals surface area contributed by atoms with Gasteiger partial charge in [0, 0.05) is 12.3 Å². The van der Waals surface area contributed by atoms with Crippen LogP contribution in [-0.4, -0.2) is 20.9 Å². The van der Waals surface area contributed by atoms with Crippen molar-refractivity contribution in [2.24, 2.45) is 0 Å². The van der Waals surface area contributed by atoms with Crippen LogP contribution in [0.4, 0.5) is 4.39 Å². The summed E-state index contributed by atoms with van der Waals surface area (Å²) in [6.07, 6.45) is 5.42. The minimum Gasteiger partial charge on any atom is -0.478 e. The number of benzene rings is 1. The van der Waals surface area contributed by atoms with Crippen LogP contribution in [0.25, 0.3) is 6.08 Å². The molecular formula is C13H10ClFN2O2. The van der Waals surface area contributed by atoms with E-state index >= 15 is 0 Å². The van der Waals surface area contributed by atoms with Gasteiger partial charge in [-0.1, -0.05) is 11.6 Å². The first kappa shape index (κ1) is 13.3. The minimum absolute atomic E-state index is 0.360. The summed E-state index contributed by atoms with van der Waals surface area (Å²) in [6, 6.07) is 4.32. The predicted octanol–water partition coefficient (Wildman–Crippen LogP) is 2.82. The Labute approximate surface area is 113 Å². The first-order valence-corrected chi connectivity index (χ1v) is 5.79. The summed E-state index contributed by atoms with van der Waals surface area (Å²) in [5, 5.41) is 13.0. The van der Waals surface area contributed by atoms with Gasteiger partial charge in [-0.15, -0.1) is 0 Å². The van der Waals surface area contributed by atoms with Crippen LogP contribution in [0, 0.1) is 5.82 Å². The van der Waals surface area contributed by atoms with E-state index in [0.29, 0.717) is 22.7 Å². The van der Waals surface area contributed by atoms with Crippen LogP contribution in [0.5, 0.6) is 0 Å². The second-order valence-corrected chi connectivity index (χ2v) is 4.36. The third kappa shape index (κ3) is 3.93. The fourth-order valence-corrected chi connectivity index (χ4v) is 1.80. The molecular weight excluding hydrogens is 271 g/mol. The van der Waals surface area contributed by atoms with Crippen LogP contribution in [0.1, 0.15) is 11.1 Å². The van der Waals surface area contributed by atoms with Crippen molar-refractivity contribution in [1.82, 2.24) is 9.78 Å². The van der Waals surface area contributed by atoms with Gasteiger partial charge >= 0.3 is 5.97 Å². The van der Waals surface area contributed by atoms with Crippen molar-refractivity contribution in [2.75, 3.05) is 0 Å². The summed E-state index contributed by atoms with van der Waals surface area (Å²) in [7, 11) is 0. The van der Waals surface area contributed by atoms with Crippen molar-refractivity contribution < 1.29 is 14.3 Å².